The van der Waals surface area contributed by atoms with Crippen molar-refractivity contribution in [3.63, 3.8) is 0 Å². The van der Waals surface area contributed by atoms with Crippen molar-refractivity contribution < 1.29 is 9.90 Å². The molecule has 3 N–H and O–H groups in total. The van der Waals surface area contributed by atoms with Crippen LogP contribution in [0.25, 0.3) is 0 Å². The Labute approximate surface area is 143 Å². The predicted molar refractivity (Wildman–Crippen MR) is 92.5 cm³/mol. The van der Waals surface area contributed by atoms with Crippen molar-refractivity contribution in [2.45, 2.75) is 38.5 Å². The van der Waals surface area contributed by atoms with Crippen LogP contribution in [0.2, 0.25) is 5.02 Å². The highest BCUT2D eigenvalue weighted by Gasteiger charge is 2.29. The number of carbonyl (C=O) groups excluding carboxylic acids is 1. The molecule has 3 atom stereocenters. The molecule has 0 saturated carbocycles. The van der Waals surface area contributed by atoms with Gasteiger partial charge in [-0.25, -0.2) is 0 Å². The molecule has 0 aromatic heterocycles. The van der Waals surface area contributed by atoms with Crippen LogP contribution in [-0.2, 0) is 4.79 Å². The van der Waals surface area contributed by atoms with Crippen LogP contribution in [0.15, 0.2) is 24.3 Å². The molecule has 0 radical (unpaired) electrons. The van der Waals surface area contributed by atoms with Gasteiger partial charge in [0, 0.05) is 18.1 Å². The van der Waals surface area contributed by atoms with Gasteiger partial charge in [-0.15, -0.1) is 0 Å². The second kappa shape index (κ2) is 8.64. The number of halogens is 1. The molecule has 1 aliphatic heterocycles. The maximum atomic E-state index is 12.3. The Balaban J connectivity index is 2.06. The van der Waals surface area contributed by atoms with Crippen LogP contribution in [0.4, 0.5) is 0 Å². The predicted octanol–water partition coefficient (Wildman–Crippen LogP) is 1.56. The van der Waals surface area contributed by atoms with Gasteiger partial charge in [0.25, 0.3) is 0 Å². The molecule has 0 spiro atoms. The fraction of sp³-hybridized carbons (Fsp3) is 0.588. The smallest absolute Gasteiger partial charge is 0.237 e. The molecule has 2 rings (SSSR count). The lowest BCUT2D eigenvalue weighted by Crippen LogP contribution is -2.44. The van der Waals surface area contributed by atoms with Gasteiger partial charge in [-0.3, -0.25) is 9.69 Å². The number of carbonyl (C=O) groups is 1. The van der Waals surface area contributed by atoms with E-state index in [2.05, 4.69) is 29.4 Å². The van der Waals surface area contributed by atoms with Crippen LogP contribution < -0.4 is 10.6 Å². The molecule has 0 unspecified atom stereocenters. The zero-order valence-corrected chi connectivity index (χ0v) is 14.5. The van der Waals surface area contributed by atoms with Crippen LogP contribution >= 0.6 is 11.6 Å². The van der Waals surface area contributed by atoms with Gasteiger partial charge < -0.3 is 15.7 Å². The van der Waals surface area contributed by atoms with E-state index in [0.717, 1.165) is 18.7 Å². The highest BCUT2D eigenvalue weighted by atomic mass is 35.5. The lowest BCUT2D eigenvalue weighted by molar-refractivity contribution is -0.123. The van der Waals surface area contributed by atoms with Gasteiger partial charge >= 0.3 is 0 Å². The van der Waals surface area contributed by atoms with Crippen molar-refractivity contribution in [2.24, 2.45) is 0 Å². The molecule has 1 amide bonds. The molecular weight excluding hydrogens is 314 g/mol. The Kier molecular flexibility index (Phi) is 6.84. The quantitative estimate of drug-likeness (QED) is 0.705. The molecule has 128 valence electrons. The van der Waals surface area contributed by atoms with E-state index in [1.807, 2.05) is 24.3 Å². The topological polar surface area (TPSA) is 64.6 Å². The summed E-state index contributed by atoms with van der Waals surface area (Å²) in [6, 6.07) is 7.49. The van der Waals surface area contributed by atoms with E-state index < -0.39 is 6.10 Å². The number of aliphatic hydroxyl groups excluding tert-OH is 1. The van der Waals surface area contributed by atoms with Gasteiger partial charge in [-0.1, -0.05) is 43.6 Å². The SMILES string of the molecule is CCN(CC)[C@H](CNC(=O)[C@@H]1C[C@H](O)CN1)c1ccccc1Cl. The minimum absolute atomic E-state index is 0.0361. The molecule has 6 heteroatoms. The van der Waals surface area contributed by atoms with E-state index in [1.54, 1.807) is 0 Å². The fourth-order valence-corrected chi connectivity index (χ4v) is 3.34. The minimum atomic E-state index is -0.437. The van der Waals surface area contributed by atoms with Gasteiger partial charge in [-0.2, -0.15) is 0 Å². The van der Waals surface area contributed by atoms with E-state index in [-0.39, 0.29) is 18.0 Å². The first-order valence-corrected chi connectivity index (χ1v) is 8.62. The maximum absolute atomic E-state index is 12.3. The number of benzene rings is 1. The lowest BCUT2D eigenvalue weighted by atomic mass is 10.0. The van der Waals surface area contributed by atoms with Gasteiger partial charge in [-0.05, 0) is 31.1 Å². The number of hydrogen-bond donors (Lipinski definition) is 3. The van der Waals surface area contributed by atoms with Crippen molar-refractivity contribution in [2.75, 3.05) is 26.2 Å². The second-order valence-electron chi connectivity index (χ2n) is 5.85. The highest BCUT2D eigenvalue weighted by molar-refractivity contribution is 6.31. The first kappa shape index (κ1) is 18.2. The summed E-state index contributed by atoms with van der Waals surface area (Å²) in [6.45, 7) is 6.93. The molecule has 0 bridgehead atoms. The van der Waals surface area contributed by atoms with Crippen molar-refractivity contribution in [3.8, 4) is 0 Å². The Morgan fingerprint density at radius 2 is 2.13 bits per heavy atom. The molecule has 5 nitrogen and oxygen atoms in total. The van der Waals surface area contributed by atoms with Crippen LogP contribution in [0, 0.1) is 0 Å². The number of β-amino-alcohol motifs (C(OH)–C–C–N with tert-alkyl or cyclic N) is 1. The third-order valence-electron chi connectivity index (χ3n) is 4.41. The highest BCUT2D eigenvalue weighted by Crippen LogP contribution is 2.27. The lowest BCUT2D eigenvalue weighted by Gasteiger charge is -2.31. The van der Waals surface area contributed by atoms with E-state index in [9.17, 15) is 9.90 Å². The van der Waals surface area contributed by atoms with Crippen LogP contribution in [0.5, 0.6) is 0 Å². The normalized spacial score (nSPS) is 22.3. The summed E-state index contributed by atoms with van der Waals surface area (Å²) in [6.07, 6.45) is 0.0290. The number of rotatable bonds is 7. The largest absolute Gasteiger partial charge is 0.392 e. The molecule has 23 heavy (non-hydrogen) atoms. The maximum Gasteiger partial charge on any atom is 0.237 e. The Morgan fingerprint density at radius 1 is 1.43 bits per heavy atom. The van der Waals surface area contributed by atoms with E-state index >= 15 is 0 Å². The zero-order chi connectivity index (χ0) is 16.8. The molecule has 1 heterocycles. The van der Waals surface area contributed by atoms with E-state index in [0.29, 0.717) is 24.5 Å². The zero-order valence-electron chi connectivity index (χ0n) is 13.8. The third-order valence-corrected chi connectivity index (χ3v) is 4.76. The number of amides is 1. The monoisotopic (exact) mass is 339 g/mol. The Hall–Kier alpha value is -1.14. The van der Waals surface area contributed by atoms with Crippen molar-refractivity contribution in [1.82, 2.24) is 15.5 Å². The first-order chi connectivity index (χ1) is 11.1. The average molecular weight is 340 g/mol. The molecule has 1 aliphatic rings. The van der Waals surface area contributed by atoms with Gasteiger partial charge in [0.1, 0.15) is 0 Å². The third kappa shape index (κ3) is 4.67. The molecule has 1 aromatic carbocycles. The molecule has 1 aromatic rings. The Morgan fingerprint density at radius 3 is 2.70 bits per heavy atom. The summed E-state index contributed by atoms with van der Waals surface area (Å²) in [5.41, 5.74) is 1.03. The van der Waals surface area contributed by atoms with Crippen LogP contribution in [0.1, 0.15) is 31.9 Å². The first-order valence-electron chi connectivity index (χ1n) is 8.24. The van der Waals surface area contributed by atoms with Gasteiger partial charge in [0.15, 0.2) is 0 Å². The fourth-order valence-electron chi connectivity index (χ4n) is 3.08. The van der Waals surface area contributed by atoms with E-state index in [1.165, 1.54) is 0 Å². The number of likely N-dealkylation sites (N-methyl/N-ethyl adjacent to an activating group) is 1. The molecule has 0 aliphatic carbocycles. The summed E-state index contributed by atoms with van der Waals surface area (Å²) >= 11 is 6.35. The summed E-state index contributed by atoms with van der Waals surface area (Å²) in [7, 11) is 0. The molecular formula is C17H26ClN3O2. The number of aliphatic hydroxyl groups is 1. The van der Waals surface area contributed by atoms with Gasteiger partial charge in [0.2, 0.25) is 5.91 Å². The standard InChI is InChI=1S/C17H26ClN3O2/c1-3-21(4-2)16(13-7-5-6-8-14(13)18)11-20-17(23)15-9-12(22)10-19-15/h5-8,12,15-16,19,22H,3-4,9-11H2,1-2H3,(H,20,23)/t12-,15-,16+/m0/s1. The second-order valence-corrected chi connectivity index (χ2v) is 6.26. The Bertz CT molecular complexity index is 522. The molecule has 1 saturated heterocycles. The number of nitrogens with zero attached hydrogens (tertiary/aromatic N) is 1. The summed E-state index contributed by atoms with van der Waals surface area (Å²) in [4.78, 5) is 14.6. The van der Waals surface area contributed by atoms with Crippen LogP contribution in [0.3, 0.4) is 0 Å². The van der Waals surface area contributed by atoms with E-state index in [4.69, 9.17) is 11.6 Å². The molecule has 1 fully saturated rings. The minimum Gasteiger partial charge on any atom is -0.392 e. The summed E-state index contributed by atoms with van der Waals surface area (Å²) in [5.74, 6) is -0.0641. The average Bonchev–Trinajstić information content (AvgIpc) is 2.98. The van der Waals surface area contributed by atoms with Crippen molar-refractivity contribution >= 4 is 17.5 Å². The summed E-state index contributed by atoms with van der Waals surface area (Å²) < 4.78 is 0. The van der Waals surface area contributed by atoms with Crippen molar-refractivity contribution in [1.29, 1.82) is 0 Å². The number of nitrogens with one attached hydrogen (secondary N) is 2. The van der Waals surface area contributed by atoms with Crippen LogP contribution in [-0.4, -0.2) is 54.2 Å². The number of hydrogen-bond acceptors (Lipinski definition) is 4. The summed E-state index contributed by atoms with van der Waals surface area (Å²) in [5, 5.41) is 16.3. The van der Waals surface area contributed by atoms with Gasteiger partial charge in [0.05, 0.1) is 18.2 Å². The van der Waals surface area contributed by atoms with Crippen molar-refractivity contribution in [3.05, 3.63) is 34.9 Å².